The molecule has 0 fully saturated rings. The maximum absolute atomic E-state index is 13.8. The fourth-order valence-corrected chi connectivity index (χ4v) is 2.79. The maximum Gasteiger partial charge on any atom is 0.411 e. The molecule has 0 saturated carbocycles. The second-order valence-electron chi connectivity index (χ2n) is 7.40. The van der Waals surface area contributed by atoms with Crippen molar-refractivity contribution in [2.45, 2.75) is 27.3 Å². The Kier molecular flexibility index (Phi) is 6.59. The SMILES string of the molecule is CC(C)(C)CN(C(=O)O)c1cc(F)ccc1C(=O)NCc1ccc(Br)cc1. The van der Waals surface area contributed by atoms with Gasteiger partial charge in [0.15, 0.2) is 0 Å². The topological polar surface area (TPSA) is 69.6 Å². The van der Waals surface area contributed by atoms with Crippen LogP contribution in [0.1, 0.15) is 36.7 Å². The normalized spacial score (nSPS) is 11.1. The molecule has 0 aromatic heterocycles. The third-order valence-electron chi connectivity index (χ3n) is 3.72. The summed E-state index contributed by atoms with van der Waals surface area (Å²) < 4.78 is 14.7. The van der Waals surface area contributed by atoms with Crippen molar-refractivity contribution in [2.75, 3.05) is 11.4 Å². The molecule has 5 nitrogen and oxygen atoms in total. The molecule has 0 unspecified atom stereocenters. The van der Waals surface area contributed by atoms with Gasteiger partial charge >= 0.3 is 6.09 Å². The summed E-state index contributed by atoms with van der Waals surface area (Å²) in [5.74, 6) is -1.07. The Bertz CT molecular complexity index is 832. The molecule has 7 heteroatoms. The van der Waals surface area contributed by atoms with E-state index < -0.39 is 17.8 Å². The Labute approximate surface area is 166 Å². The highest BCUT2D eigenvalue weighted by Crippen LogP contribution is 2.26. The van der Waals surface area contributed by atoms with E-state index in [0.29, 0.717) is 0 Å². The summed E-state index contributed by atoms with van der Waals surface area (Å²) >= 11 is 3.35. The number of rotatable bonds is 5. The average molecular weight is 437 g/mol. The van der Waals surface area contributed by atoms with Crippen LogP contribution in [0.5, 0.6) is 0 Å². The molecule has 0 aliphatic carbocycles. The van der Waals surface area contributed by atoms with Gasteiger partial charge in [-0.25, -0.2) is 9.18 Å². The summed E-state index contributed by atoms with van der Waals surface area (Å²) in [4.78, 5) is 25.4. The van der Waals surface area contributed by atoms with Gasteiger partial charge in [0.2, 0.25) is 0 Å². The van der Waals surface area contributed by atoms with Crippen molar-refractivity contribution >= 4 is 33.6 Å². The summed E-state index contributed by atoms with van der Waals surface area (Å²) in [6, 6.07) is 11.0. The number of anilines is 1. The molecular weight excluding hydrogens is 415 g/mol. The third kappa shape index (κ3) is 6.06. The standard InChI is InChI=1S/C20H22BrFN2O3/c1-20(2,3)12-24(19(26)27)17-10-15(22)8-9-16(17)18(25)23-11-13-4-6-14(21)7-5-13/h4-10H,11-12H2,1-3H3,(H,23,25)(H,26,27). The number of nitrogens with one attached hydrogen (secondary N) is 1. The average Bonchev–Trinajstić information content (AvgIpc) is 2.58. The van der Waals surface area contributed by atoms with Crippen LogP contribution in [0.2, 0.25) is 0 Å². The minimum Gasteiger partial charge on any atom is -0.465 e. The predicted octanol–water partition coefficient (Wildman–Crippen LogP) is 5.05. The molecule has 0 bridgehead atoms. The fraction of sp³-hybridized carbons (Fsp3) is 0.300. The lowest BCUT2D eigenvalue weighted by molar-refractivity contribution is 0.0951. The highest BCUT2D eigenvalue weighted by Gasteiger charge is 2.26. The van der Waals surface area contributed by atoms with Gasteiger partial charge in [0.05, 0.1) is 11.3 Å². The van der Waals surface area contributed by atoms with Crippen LogP contribution in [0.15, 0.2) is 46.9 Å². The Morgan fingerprint density at radius 2 is 1.78 bits per heavy atom. The van der Waals surface area contributed by atoms with E-state index in [1.54, 1.807) is 0 Å². The number of amides is 2. The number of carboxylic acid groups (broad SMARTS) is 1. The first-order valence-corrected chi connectivity index (χ1v) is 9.19. The van der Waals surface area contributed by atoms with Gasteiger partial charge in [0.25, 0.3) is 5.91 Å². The van der Waals surface area contributed by atoms with Crippen LogP contribution in [0.25, 0.3) is 0 Å². The molecule has 2 aromatic carbocycles. The van der Waals surface area contributed by atoms with E-state index in [2.05, 4.69) is 21.2 Å². The minimum absolute atomic E-state index is 0.0331. The van der Waals surface area contributed by atoms with Crippen LogP contribution in [-0.4, -0.2) is 23.7 Å². The molecule has 2 aromatic rings. The number of benzene rings is 2. The highest BCUT2D eigenvalue weighted by molar-refractivity contribution is 9.10. The number of halogens is 2. The smallest absolute Gasteiger partial charge is 0.411 e. The van der Waals surface area contributed by atoms with Crippen LogP contribution in [-0.2, 0) is 6.54 Å². The molecule has 2 amide bonds. The quantitative estimate of drug-likeness (QED) is 0.688. The summed E-state index contributed by atoms with van der Waals surface area (Å²) in [6.45, 7) is 6.01. The first-order valence-electron chi connectivity index (χ1n) is 8.39. The molecule has 2 N–H and O–H groups in total. The van der Waals surface area contributed by atoms with Crippen molar-refractivity contribution in [3.05, 3.63) is 63.9 Å². The van der Waals surface area contributed by atoms with E-state index in [9.17, 15) is 19.1 Å². The zero-order valence-corrected chi connectivity index (χ0v) is 17.0. The molecule has 0 spiro atoms. The molecule has 0 aliphatic heterocycles. The number of nitrogens with zero attached hydrogens (tertiary/aromatic N) is 1. The van der Waals surface area contributed by atoms with Crippen LogP contribution >= 0.6 is 15.9 Å². The van der Waals surface area contributed by atoms with Crippen molar-refractivity contribution in [1.29, 1.82) is 0 Å². The monoisotopic (exact) mass is 436 g/mol. The number of carbonyl (C=O) groups excluding carboxylic acids is 1. The number of hydrogen-bond acceptors (Lipinski definition) is 2. The summed E-state index contributed by atoms with van der Waals surface area (Å²) in [7, 11) is 0. The van der Waals surface area contributed by atoms with Gasteiger partial charge in [-0.05, 0) is 41.3 Å². The van der Waals surface area contributed by atoms with E-state index in [-0.39, 0.29) is 29.8 Å². The van der Waals surface area contributed by atoms with Crippen LogP contribution in [0, 0.1) is 11.2 Å². The summed E-state index contributed by atoms with van der Waals surface area (Å²) in [5.41, 5.74) is 0.668. The lowest BCUT2D eigenvalue weighted by atomic mass is 9.95. The number of hydrogen-bond donors (Lipinski definition) is 2. The fourth-order valence-electron chi connectivity index (χ4n) is 2.53. The van der Waals surface area contributed by atoms with Gasteiger partial charge in [-0.15, -0.1) is 0 Å². The van der Waals surface area contributed by atoms with Crippen molar-refractivity contribution in [1.82, 2.24) is 5.32 Å². The molecule has 144 valence electrons. The summed E-state index contributed by atoms with van der Waals surface area (Å²) in [6.07, 6.45) is -1.24. The Hall–Kier alpha value is -2.41. The molecule has 27 heavy (non-hydrogen) atoms. The van der Waals surface area contributed by atoms with Crippen molar-refractivity contribution in [2.24, 2.45) is 5.41 Å². The second-order valence-corrected chi connectivity index (χ2v) is 8.32. The van der Waals surface area contributed by atoms with Crippen LogP contribution in [0.3, 0.4) is 0 Å². The Morgan fingerprint density at radius 3 is 2.33 bits per heavy atom. The molecule has 0 heterocycles. The van der Waals surface area contributed by atoms with Gasteiger partial charge < -0.3 is 10.4 Å². The number of carbonyl (C=O) groups is 2. The zero-order valence-electron chi connectivity index (χ0n) is 15.4. The Morgan fingerprint density at radius 1 is 1.15 bits per heavy atom. The van der Waals surface area contributed by atoms with Crippen molar-refractivity contribution < 1.29 is 19.1 Å². The molecule has 0 saturated heterocycles. The van der Waals surface area contributed by atoms with Crippen LogP contribution < -0.4 is 10.2 Å². The molecule has 0 atom stereocenters. The Balaban J connectivity index is 2.28. The first-order chi connectivity index (χ1) is 12.6. The largest absolute Gasteiger partial charge is 0.465 e. The first kappa shape index (κ1) is 20.9. The minimum atomic E-state index is -1.24. The molecule has 0 radical (unpaired) electrons. The van der Waals surface area contributed by atoms with Gasteiger partial charge in [-0.1, -0.05) is 48.8 Å². The molecule has 0 aliphatic rings. The maximum atomic E-state index is 13.8. The van der Waals surface area contributed by atoms with E-state index in [0.717, 1.165) is 27.1 Å². The van der Waals surface area contributed by atoms with Gasteiger partial charge in [-0.2, -0.15) is 0 Å². The summed E-state index contributed by atoms with van der Waals surface area (Å²) in [5, 5.41) is 12.3. The predicted molar refractivity (Wildman–Crippen MR) is 107 cm³/mol. The van der Waals surface area contributed by atoms with Gasteiger partial charge in [0, 0.05) is 17.6 Å². The van der Waals surface area contributed by atoms with Gasteiger partial charge in [-0.3, -0.25) is 9.69 Å². The molecule has 2 rings (SSSR count). The van der Waals surface area contributed by atoms with Crippen molar-refractivity contribution in [3.8, 4) is 0 Å². The van der Waals surface area contributed by atoms with Crippen LogP contribution in [0.4, 0.5) is 14.9 Å². The second kappa shape index (κ2) is 8.52. The molecular formula is C20H22BrFN2O3. The lowest BCUT2D eigenvalue weighted by Crippen LogP contribution is -2.38. The zero-order chi connectivity index (χ0) is 20.2. The van der Waals surface area contributed by atoms with E-state index in [4.69, 9.17) is 0 Å². The van der Waals surface area contributed by atoms with E-state index in [1.165, 1.54) is 6.07 Å². The highest BCUT2D eigenvalue weighted by atomic mass is 79.9. The van der Waals surface area contributed by atoms with Gasteiger partial charge in [0.1, 0.15) is 5.82 Å². The lowest BCUT2D eigenvalue weighted by Gasteiger charge is -2.29. The van der Waals surface area contributed by atoms with Crippen molar-refractivity contribution in [3.63, 3.8) is 0 Å². The van der Waals surface area contributed by atoms with E-state index in [1.807, 2.05) is 45.0 Å². The third-order valence-corrected chi connectivity index (χ3v) is 4.25. The van der Waals surface area contributed by atoms with E-state index >= 15 is 0 Å².